The lowest BCUT2D eigenvalue weighted by Crippen LogP contribution is -2.46. The maximum atomic E-state index is 12.5. The number of morpholine rings is 1. The smallest absolute Gasteiger partial charge is 0.279 e. The summed E-state index contributed by atoms with van der Waals surface area (Å²) in [6.07, 6.45) is 1.84. The van der Waals surface area contributed by atoms with Crippen molar-refractivity contribution >= 4 is 10.2 Å². The molecule has 1 aromatic rings. The Morgan fingerprint density at radius 3 is 2.48 bits per heavy atom. The third kappa shape index (κ3) is 6.04. The van der Waals surface area contributed by atoms with Gasteiger partial charge >= 0.3 is 0 Å². The summed E-state index contributed by atoms with van der Waals surface area (Å²) < 4.78 is 34.6. The molecule has 1 saturated heterocycles. The van der Waals surface area contributed by atoms with Crippen molar-refractivity contribution in [3.05, 3.63) is 35.4 Å². The van der Waals surface area contributed by atoms with Crippen LogP contribution in [0.3, 0.4) is 0 Å². The van der Waals surface area contributed by atoms with Gasteiger partial charge in [0.1, 0.15) is 0 Å². The normalized spacial score (nSPS) is 17.8. The van der Waals surface area contributed by atoms with Crippen LogP contribution in [0.2, 0.25) is 0 Å². The van der Waals surface area contributed by atoms with E-state index < -0.39 is 10.2 Å². The maximum absolute atomic E-state index is 12.5. The van der Waals surface area contributed by atoms with Crippen LogP contribution in [0.4, 0.5) is 0 Å². The molecule has 0 saturated carbocycles. The van der Waals surface area contributed by atoms with E-state index in [2.05, 4.69) is 47.7 Å². The molecule has 1 N–H and O–H groups in total. The molecule has 2 rings (SSSR count). The van der Waals surface area contributed by atoms with Crippen LogP contribution < -0.4 is 4.72 Å². The van der Waals surface area contributed by atoms with Crippen molar-refractivity contribution in [1.29, 1.82) is 0 Å². The highest BCUT2D eigenvalue weighted by Crippen LogP contribution is 2.22. The van der Waals surface area contributed by atoms with E-state index in [-0.39, 0.29) is 6.04 Å². The van der Waals surface area contributed by atoms with Crippen LogP contribution in [0.25, 0.3) is 0 Å². The lowest BCUT2D eigenvalue weighted by atomic mass is 10.0. The summed E-state index contributed by atoms with van der Waals surface area (Å²) in [5, 5.41) is 0. The molecule has 1 aliphatic heterocycles. The molecule has 0 aliphatic carbocycles. The number of hydrogen-bond donors (Lipinski definition) is 1. The summed E-state index contributed by atoms with van der Waals surface area (Å²) in [6, 6.07) is 8.34. The Bertz CT molecular complexity index is 613. The molecule has 7 heteroatoms. The molecule has 25 heavy (non-hydrogen) atoms. The van der Waals surface area contributed by atoms with Gasteiger partial charge in [0.05, 0.1) is 13.2 Å². The van der Waals surface area contributed by atoms with Crippen molar-refractivity contribution < 1.29 is 13.2 Å². The molecule has 1 aliphatic rings. The highest BCUT2D eigenvalue weighted by Gasteiger charge is 2.25. The standard InChI is InChI=1S/C18H31N3O3S/c1-4-5-10-20(3)25(22,23)19-15-18(21-11-13-24-14-12-21)17-8-6-16(2)7-9-17/h6-9,18-19H,4-5,10-15H2,1-3H3. The van der Waals surface area contributed by atoms with Gasteiger partial charge in [0.15, 0.2) is 0 Å². The van der Waals surface area contributed by atoms with Gasteiger partial charge in [-0.1, -0.05) is 43.2 Å². The highest BCUT2D eigenvalue weighted by atomic mass is 32.2. The van der Waals surface area contributed by atoms with Gasteiger partial charge in [0, 0.05) is 39.3 Å². The molecular formula is C18H31N3O3S. The molecule has 0 amide bonds. The lowest BCUT2D eigenvalue weighted by Gasteiger charge is -2.35. The third-order valence-corrected chi connectivity index (χ3v) is 6.18. The predicted octanol–water partition coefficient (Wildman–Crippen LogP) is 1.93. The molecule has 1 heterocycles. The van der Waals surface area contributed by atoms with Crippen molar-refractivity contribution in [2.45, 2.75) is 32.7 Å². The van der Waals surface area contributed by atoms with E-state index in [1.54, 1.807) is 7.05 Å². The number of nitrogens with one attached hydrogen (secondary N) is 1. The fourth-order valence-corrected chi connectivity index (χ4v) is 3.89. The highest BCUT2D eigenvalue weighted by molar-refractivity contribution is 7.87. The van der Waals surface area contributed by atoms with Crippen molar-refractivity contribution in [1.82, 2.24) is 13.9 Å². The van der Waals surface area contributed by atoms with Crippen LogP contribution in [0.5, 0.6) is 0 Å². The summed E-state index contributed by atoms with van der Waals surface area (Å²) in [7, 11) is -1.82. The molecule has 1 aromatic carbocycles. The first-order chi connectivity index (χ1) is 11.9. The van der Waals surface area contributed by atoms with Gasteiger partial charge in [-0.3, -0.25) is 4.90 Å². The van der Waals surface area contributed by atoms with Gasteiger partial charge in [0.25, 0.3) is 10.2 Å². The summed E-state index contributed by atoms with van der Waals surface area (Å²) >= 11 is 0. The van der Waals surface area contributed by atoms with Crippen molar-refractivity contribution in [2.24, 2.45) is 0 Å². The molecule has 0 aromatic heterocycles. The quantitative estimate of drug-likeness (QED) is 0.723. The van der Waals surface area contributed by atoms with E-state index in [4.69, 9.17) is 4.74 Å². The van der Waals surface area contributed by atoms with Crippen molar-refractivity contribution in [2.75, 3.05) is 46.4 Å². The van der Waals surface area contributed by atoms with E-state index in [0.717, 1.165) is 31.5 Å². The minimum Gasteiger partial charge on any atom is -0.379 e. The number of aryl methyl sites for hydroxylation is 1. The number of ether oxygens (including phenoxy) is 1. The van der Waals surface area contributed by atoms with Gasteiger partial charge in [0.2, 0.25) is 0 Å². The SMILES string of the molecule is CCCCN(C)S(=O)(=O)NCC(c1ccc(C)cc1)N1CCOCC1. The molecule has 1 fully saturated rings. The van der Waals surface area contributed by atoms with Crippen LogP contribution in [0.15, 0.2) is 24.3 Å². The average Bonchev–Trinajstić information content (AvgIpc) is 2.62. The number of rotatable bonds is 9. The molecule has 6 nitrogen and oxygen atoms in total. The van der Waals surface area contributed by atoms with Gasteiger partial charge in [-0.15, -0.1) is 0 Å². The molecular weight excluding hydrogens is 338 g/mol. The zero-order valence-electron chi connectivity index (χ0n) is 15.6. The zero-order chi connectivity index (χ0) is 18.3. The van der Waals surface area contributed by atoms with E-state index in [0.29, 0.717) is 26.3 Å². The van der Waals surface area contributed by atoms with Crippen LogP contribution in [0.1, 0.15) is 36.9 Å². The zero-order valence-corrected chi connectivity index (χ0v) is 16.4. The van der Waals surface area contributed by atoms with Gasteiger partial charge in [-0.25, -0.2) is 4.72 Å². The predicted molar refractivity (Wildman–Crippen MR) is 101 cm³/mol. The topological polar surface area (TPSA) is 61.9 Å². The molecule has 1 unspecified atom stereocenters. The summed E-state index contributed by atoms with van der Waals surface area (Å²) in [6.45, 7) is 8.01. The number of hydrogen-bond acceptors (Lipinski definition) is 4. The largest absolute Gasteiger partial charge is 0.379 e. The molecule has 142 valence electrons. The summed E-state index contributed by atoms with van der Waals surface area (Å²) in [4.78, 5) is 2.29. The number of unbranched alkanes of at least 4 members (excludes halogenated alkanes) is 1. The lowest BCUT2D eigenvalue weighted by molar-refractivity contribution is 0.0171. The van der Waals surface area contributed by atoms with E-state index in [9.17, 15) is 8.42 Å². The van der Waals surface area contributed by atoms with E-state index >= 15 is 0 Å². The molecule has 0 radical (unpaired) electrons. The van der Waals surface area contributed by atoms with Gasteiger partial charge in [-0.05, 0) is 18.9 Å². The van der Waals surface area contributed by atoms with E-state index in [1.807, 2.05) is 0 Å². The second-order valence-corrected chi connectivity index (χ2v) is 8.47. The second kappa shape index (κ2) is 9.64. The Kier molecular flexibility index (Phi) is 7.83. The fourth-order valence-electron chi connectivity index (χ4n) is 2.93. The molecule has 0 spiro atoms. The summed E-state index contributed by atoms with van der Waals surface area (Å²) in [5.41, 5.74) is 2.33. The maximum Gasteiger partial charge on any atom is 0.279 e. The Labute approximate surface area is 152 Å². The minimum atomic E-state index is -3.46. The monoisotopic (exact) mass is 369 g/mol. The molecule has 0 bridgehead atoms. The Morgan fingerprint density at radius 1 is 1.24 bits per heavy atom. The van der Waals surface area contributed by atoms with Crippen LogP contribution in [0, 0.1) is 6.92 Å². The van der Waals surface area contributed by atoms with Crippen LogP contribution >= 0.6 is 0 Å². The third-order valence-electron chi connectivity index (χ3n) is 4.64. The van der Waals surface area contributed by atoms with Crippen molar-refractivity contribution in [3.63, 3.8) is 0 Å². The Hall–Kier alpha value is -0.990. The first-order valence-corrected chi connectivity index (χ1v) is 10.5. The molecule has 1 atom stereocenters. The number of benzene rings is 1. The van der Waals surface area contributed by atoms with Gasteiger partial charge < -0.3 is 4.74 Å². The van der Waals surface area contributed by atoms with Gasteiger partial charge in [-0.2, -0.15) is 12.7 Å². The van der Waals surface area contributed by atoms with Crippen molar-refractivity contribution in [3.8, 4) is 0 Å². The average molecular weight is 370 g/mol. The Morgan fingerprint density at radius 2 is 1.88 bits per heavy atom. The first-order valence-electron chi connectivity index (χ1n) is 9.03. The van der Waals surface area contributed by atoms with E-state index in [1.165, 1.54) is 9.87 Å². The summed E-state index contributed by atoms with van der Waals surface area (Å²) in [5.74, 6) is 0. The van der Waals surface area contributed by atoms with Crippen LogP contribution in [-0.4, -0.2) is 64.1 Å². The second-order valence-electron chi connectivity index (χ2n) is 6.60. The number of nitrogens with zero attached hydrogens (tertiary/aromatic N) is 2. The fraction of sp³-hybridized carbons (Fsp3) is 0.667. The Balaban J connectivity index is 2.09. The van der Waals surface area contributed by atoms with Crippen LogP contribution in [-0.2, 0) is 14.9 Å². The minimum absolute atomic E-state index is 0.0128. The first kappa shape index (κ1) is 20.3.